The minimum Gasteiger partial charge on any atom is -0.493 e. The number of hydrogen-bond donors (Lipinski definition) is 2. The van der Waals surface area contributed by atoms with Gasteiger partial charge in [0.1, 0.15) is 11.4 Å². The fourth-order valence-corrected chi connectivity index (χ4v) is 4.71. The lowest BCUT2D eigenvalue weighted by molar-refractivity contribution is -0.118. The van der Waals surface area contributed by atoms with Crippen molar-refractivity contribution >= 4 is 29.1 Å². The van der Waals surface area contributed by atoms with Crippen LogP contribution < -0.4 is 20.9 Å². The number of carbonyl (C=O) groups excluding carboxylic acids is 2. The highest BCUT2D eigenvalue weighted by Gasteiger charge is 2.27. The third kappa shape index (κ3) is 7.99. The molecule has 3 aromatic rings. The number of nitrogens with zero attached hydrogens (tertiary/aromatic N) is 3. The Kier molecular flexibility index (Phi) is 10.6. The second kappa shape index (κ2) is 13.7. The molecule has 9 nitrogen and oxygen atoms in total. The first-order chi connectivity index (χ1) is 18.9. The minimum atomic E-state index is -0.595. The predicted molar refractivity (Wildman–Crippen MR) is 160 cm³/mol. The van der Waals surface area contributed by atoms with Gasteiger partial charge >= 0.3 is 0 Å². The first-order valence-corrected chi connectivity index (χ1v) is 13.8. The summed E-state index contributed by atoms with van der Waals surface area (Å²) in [6.07, 6.45) is 1.55. The fraction of sp³-hybridized carbons (Fsp3) is 0.433. The van der Waals surface area contributed by atoms with Gasteiger partial charge < -0.3 is 20.3 Å². The van der Waals surface area contributed by atoms with Crippen molar-refractivity contribution in [2.75, 3.05) is 39.1 Å². The molecule has 10 heteroatoms. The predicted octanol–water partition coefficient (Wildman–Crippen LogP) is 4.51. The van der Waals surface area contributed by atoms with Crippen LogP contribution in [0.25, 0.3) is 5.69 Å². The van der Waals surface area contributed by atoms with Gasteiger partial charge in [0.2, 0.25) is 5.91 Å². The van der Waals surface area contributed by atoms with E-state index in [1.54, 1.807) is 22.9 Å². The van der Waals surface area contributed by atoms with Crippen LogP contribution in [0.3, 0.4) is 0 Å². The van der Waals surface area contributed by atoms with Crippen LogP contribution in [0.1, 0.15) is 49.7 Å². The number of carbonyl (C=O) groups is 2. The van der Waals surface area contributed by atoms with Gasteiger partial charge in [-0.05, 0) is 76.2 Å². The van der Waals surface area contributed by atoms with E-state index in [2.05, 4.69) is 15.5 Å². The molecule has 2 aromatic carbocycles. The molecule has 216 valence electrons. The number of amides is 2. The molecule has 3 rings (SSSR count). The Morgan fingerprint density at radius 1 is 1.10 bits per heavy atom. The highest BCUT2D eigenvalue weighted by Crippen LogP contribution is 2.25. The molecule has 40 heavy (non-hydrogen) atoms. The van der Waals surface area contributed by atoms with E-state index in [-0.39, 0.29) is 36.0 Å². The van der Waals surface area contributed by atoms with Gasteiger partial charge in [-0.15, -0.1) is 0 Å². The van der Waals surface area contributed by atoms with Crippen molar-refractivity contribution in [1.29, 1.82) is 0 Å². The van der Waals surface area contributed by atoms with E-state index in [0.717, 1.165) is 24.3 Å². The second-order valence-electron chi connectivity index (χ2n) is 10.8. The Hall–Kier alpha value is -3.56. The number of aromatic nitrogens is 2. The molecule has 0 spiro atoms. The highest BCUT2D eigenvalue weighted by molar-refractivity contribution is 6.31. The van der Waals surface area contributed by atoms with E-state index < -0.39 is 5.41 Å². The number of rotatable bonds is 13. The summed E-state index contributed by atoms with van der Waals surface area (Å²) in [7, 11) is 5.84. The maximum Gasteiger partial charge on any atom is 0.295 e. The van der Waals surface area contributed by atoms with Gasteiger partial charge in [0, 0.05) is 25.0 Å². The van der Waals surface area contributed by atoms with Crippen molar-refractivity contribution in [3.8, 4) is 11.4 Å². The number of hydrogen-bond acceptors (Lipinski definition) is 5. The molecular formula is C30H40ClN5O4. The van der Waals surface area contributed by atoms with E-state index in [1.807, 2.05) is 76.9 Å². The van der Waals surface area contributed by atoms with E-state index in [0.29, 0.717) is 29.4 Å². The summed E-state index contributed by atoms with van der Waals surface area (Å²) in [5.74, 6) is -0.189. The van der Waals surface area contributed by atoms with Crippen LogP contribution >= 0.6 is 11.6 Å². The van der Waals surface area contributed by atoms with Crippen molar-refractivity contribution in [3.63, 3.8) is 0 Å². The van der Waals surface area contributed by atoms with Gasteiger partial charge in [0.25, 0.3) is 11.5 Å². The smallest absolute Gasteiger partial charge is 0.295 e. The number of nitrogens with one attached hydrogen (secondary N) is 2. The molecule has 0 radical (unpaired) electrons. The average Bonchev–Trinajstić information content (AvgIpc) is 3.12. The van der Waals surface area contributed by atoms with Crippen molar-refractivity contribution in [2.24, 2.45) is 12.5 Å². The zero-order valence-corrected chi connectivity index (χ0v) is 25.0. The van der Waals surface area contributed by atoms with Gasteiger partial charge in [0.05, 0.1) is 23.6 Å². The Balaban J connectivity index is 1.76. The standard InChI is InChI=1S/C30H40ClN5O4/c1-7-40-25-16-15-21(31)18-23(25)28(38)32-20-30(2,3)19-26(37)33-27-24(14-11-17-34(4)5)35(6)36(29(27)39)22-12-9-8-10-13-22/h8-10,12-13,15-16,18H,7,11,14,17,19-20H2,1-6H3,(H,32,38)(H,33,37). The van der Waals surface area contributed by atoms with Crippen molar-refractivity contribution < 1.29 is 14.3 Å². The summed E-state index contributed by atoms with van der Waals surface area (Å²) in [5.41, 5.74) is 1.23. The Bertz CT molecular complexity index is 1380. The van der Waals surface area contributed by atoms with Gasteiger partial charge in [-0.3, -0.25) is 19.1 Å². The first-order valence-electron chi connectivity index (χ1n) is 13.4. The normalized spacial score (nSPS) is 11.5. The molecule has 0 unspecified atom stereocenters. The summed E-state index contributed by atoms with van der Waals surface area (Å²) in [6, 6.07) is 14.3. The molecule has 0 saturated heterocycles. The van der Waals surface area contributed by atoms with Crippen LogP contribution in [-0.4, -0.2) is 59.9 Å². The van der Waals surface area contributed by atoms with Crippen LogP contribution in [0.15, 0.2) is 53.3 Å². The van der Waals surface area contributed by atoms with Crippen molar-refractivity contribution in [3.05, 3.63) is 75.2 Å². The Morgan fingerprint density at radius 3 is 2.45 bits per heavy atom. The number of halogens is 1. The summed E-state index contributed by atoms with van der Waals surface area (Å²) >= 11 is 6.10. The van der Waals surface area contributed by atoms with Gasteiger partial charge in [-0.2, -0.15) is 0 Å². The molecule has 0 aliphatic heterocycles. The van der Waals surface area contributed by atoms with Crippen LogP contribution in [0.5, 0.6) is 5.75 Å². The van der Waals surface area contributed by atoms with Gasteiger partial charge in [-0.25, -0.2) is 4.68 Å². The Morgan fingerprint density at radius 2 is 1.80 bits per heavy atom. The number of ether oxygens (including phenoxy) is 1. The molecule has 0 saturated carbocycles. The molecule has 0 atom stereocenters. The second-order valence-corrected chi connectivity index (χ2v) is 11.3. The molecule has 0 aliphatic carbocycles. The Labute approximate surface area is 241 Å². The quantitative estimate of drug-likeness (QED) is 0.316. The molecule has 1 heterocycles. The van der Waals surface area contributed by atoms with Crippen LogP contribution in [-0.2, 0) is 18.3 Å². The first kappa shape index (κ1) is 31.0. The van der Waals surface area contributed by atoms with Crippen LogP contribution in [0, 0.1) is 5.41 Å². The lowest BCUT2D eigenvalue weighted by atomic mass is 9.88. The molecule has 0 bridgehead atoms. The lowest BCUT2D eigenvalue weighted by Gasteiger charge is -2.24. The number of benzene rings is 2. The largest absolute Gasteiger partial charge is 0.493 e. The third-order valence-electron chi connectivity index (χ3n) is 6.52. The summed E-state index contributed by atoms with van der Waals surface area (Å²) in [4.78, 5) is 41.8. The van der Waals surface area contributed by atoms with Gasteiger partial charge in [0.15, 0.2) is 0 Å². The molecular weight excluding hydrogens is 530 g/mol. The summed E-state index contributed by atoms with van der Waals surface area (Å²) in [5, 5.41) is 6.23. The van der Waals surface area contributed by atoms with Crippen molar-refractivity contribution in [2.45, 2.75) is 40.0 Å². The minimum absolute atomic E-state index is 0.0952. The van der Waals surface area contributed by atoms with Gasteiger partial charge in [-0.1, -0.05) is 43.6 Å². The topological polar surface area (TPSA) is 97.6 Å². The fourth-order valence-electron chi connectivity index (χ4n) is 4.54. The van der Waals surface area contributed by atoms with Crippen molar-refractivity contribution in [1.82, 2.24) is 19.6 Å². The zero-order valence-electron chi connectivity index (χ0n) is 24.2. The monoisotopic (exact) mass is 569 g/mol. The molecule has 0 aliphatic rings. The summed E-state index contributed by atoms with van der Waals surface area (Å²) < 4.78 is 8.95. The maximum atomic E-state index is 13.5. The van der Waals surface area contributed by atoms with E-state index in [4.69, 9.17) is 16.3 Å². The third-order valence-corrected chi connectivity index (χ3v) is 6.76. The SMILES string of the molecule is CCOc1ccc(Cl)cc1C(=O)NCC(C)(C)CC(=O)Nc1c(CCCN(C)C)n(C)n(-c2ccccc2)c1=O. The molecule has 2 N–H and O–H groups in total. The molecule has 2 amide bonds. The van der Waals surface area contributed by atoms with Crippen LogP contribution in [0.4, 0.5) is 5.69 Å². The zero-order chi connectivity index (χ0) is 29.4. The average molecular weight is 570 g/mol. The maximum absolute atomic E-state index is 13.5. The van der Waals surface area contributed by atoms with Crippen LogP contribution in [0.2, 0.25) is 5.02 Å². The number of para-hydroxylation sites is 1. The highest BCUT2D eigenvalue weighted by atomic mass is 35.5. The van der Waals surface area contributed by atoms with E-state index in [1.165, 1.54) is 0 Å². The summed E-state index contributed by atoms with van der Waals surface area (Å²) in [6.45, 7) is 7.11. The van der Waals surface area contributed by atoms with E-state index >= 15 is 0 Å². The lowest BCUT2D eigenvalue weighted by Crippen LogP contribution is -2.37. The number of anilines is 1. The molecule has 0 fully saturated rings. The molecule has 1 aromatic heterocycles. The van der Waals surface area contributed by atoms with E-state index in [9.17, 15) is 14.4 Å².